The number of carbonyl (C=O) groups excluding carboxylic acids is 1. The van der Waals surface area contributed by atoms with Gasteiger partial charge >= 0.3 is 0 Å². The lowest BCUT2D eigenvalue weighted by atomic mass is 10.2. The lowest BCUT2D eigenvalue weighted by molar-refractivity contribution is -0.116. The molecule has 5 nitrogen and oxygen atoms in total. The first kappa shape index (κ1) is 17.7. The number of H-pyrrole nitrogens is 1. The zero-order valence-electron chi connectivity index (χ0n) is 15.0. The Balaban J connectivity index is 1.50. The number of benzene rings is 2. The fraction of sp³-hybridized carbons (Fsp3) is 0.238. The molecular weight excluding hydrogens is 326 g/mol. The summed E-state index contributed by atoms with van der Waals surface area (Å²) in [7, 11) is 0. The molecular formula is C21H23N3O2. The Morgan fingerprint density at radius 1 is 1.23 bits per heavy atom. The number of aromatic nitrogens is 2. The molecule has 1 amide bonds. The van der Waals surface area contributed by atoms with Crippen LogP contribution in [0.2, 0.25) is 0 Å². The molecule has 0 atom stereocenters. The van der Waals surface area contributed by atoms with Crippen LogP contribution in [0.25, 0.3) is 17.1 Å². The minimum atomic E-state index is -0.128. The Labute approximate surface area is 153 Å². The van der Waals surface area contributed by atoms with Gasteiger partial charge < -0.3 is 15.0 Å². The van der Waals surface area contributed by atoms with E-state index < -0.39 is 0 Å². The van der Waals surface area contributed by atoms with Crippen LogP contribution < -0.4 is 10.1 Å². The van der Waals surface area contributed by atoms with E-state index in [1.807, 2.05) is 62.4 Å². The first-order valence-electron chi connectivity index (χ1n) is 8.76. The highest BCUT2D eigenvalue weighted by Crippen LogP contribution is 2.16. The maximum atomic E-state index is 12.0. The molecule has 0 saturated heterocycles. The molecule has 0 aliphatic heterocycles. The number of amides is 1. The van der Waals surface area contributed by atoms with Gasteiger partial charge in [-0.05, 0) is 49.8 Å². The fourth-order valence-electron chi connectivity index (χ4n) is 2.62. The predicted molar refractivity (Wildman–Crippen MR) is 104 cm³/mol. The zero-order valence-corrected chi connectivity index (χ0v) is 15.0. The molecule has 2 N–H and O–H groups in total. The smallest absolute Gasteiger partial charge is 0.244 e. The summed E-state index contributed by atoms with van der Waals surface area (Å²) in [5, 5.41) is 2.88. The highest BCUT2D eigenvalue weighted by Gasteiger charge is 2.03. The molecule has 0 aliphatic carbocycles. The van der Waals surface area contributed by atoms with Crippen molar-refractivity contribution in [1.29, 1.82) is 0 Å². The minimum Gasteiger partial charge on any atom is -0.491 e. The highest BCUT2D eigenvalue weighted by molar-refractivity contribution is 5.91. The number of imidazole rings is 1. The van der Waals surface area contributed by atoms with E-state index in [0.29, 0.717) is 13.0 Å². The summed E-state index contributed by atoms with van der Waals surface area (Å²) < 4.78 is 5.66. The Morgan fingerprint density at radius 3 is 2.88 bits per heavy atom. The molecule has 0 fully saturated rings. The van der Waals surface area contributed by atoms with Crippen LogP contribution in [0.4, 0.5) is 0 Å². The normalized spacial score (nSPS) is 11.3. The Morgan fingerprint density at radius 2 is 2.08 bits per heavy atom. The van der Waals surface area contributed by atoms with E-state index in [2.05, 4.69) is 15.3 Å². The summed E-state index contributed by atoms with van der Waals surface area (Å²) >= 11 is 0. The molecule has 2 aromatic carbocycles. The van der Waals surface area contributed by atoms with Crippen LogP contribution in [-0.2, 0) is 11.2 Å². The molecule has 1 aromatic heterocycles. The van der Waals surface area contributed by atoms with Crippen LogP contribution in [0.3, 0.4) is 0 Å². The molecule has 0 saturated carbocycles. The number of carbonyl (C=O) groups is 1. The third kappa shape index (κ3) is 4.96. The number of hydrogen-bond acceptors (Lipinski definition) is 3. The lowest BCUT2D eigenvalue weighted by Gasteiger charge is -2.09. The van der Waals surface area contributed by atoms with Gasteiger partial charge in [-0.3, -0.25) is 4.79 Å². The van der Waals surface area contributed by atoms with Crippen molar-refractivity contribution in [3.63, 3.8) is 0 Å². The molecule has 134 valence electrons. The average molecular weight is 349 g/mol. The zero-order chi connectivity index (χ0) is 18.4. The van der Waals surface area contributed by atoms with Gasteiger partial charge in [-0.1, -0.05) is 24.3 Å². The predicted octanol–water partition coefficient (Wildman–Crippen LogP) is 3.72. The van der Waals surface area contributed by atoms with E-state index in [0.717, 1.165) is 28.2 Å². The van der Waals surface area contributed by atoms with Crippen molar-refractivity contribution in [2.75, 3.05) is 6.54 Å². The van der Waals surface area contributed by atoms with Gasteiger partial charge in [0.05, 0.1) is 17.1 Å². The Bertz CT molecular complexity index is 879. The van der Waals surface area contributed by atoms with Crippen molar-refractivity contribution >= 4 is 23.0 Å². The second-order valence-corrected chi connectivity index (χ2v) is 6.31. The highest BCUT2D eigenvalue weighted by atomic mass is 16.5. The largest absolute Gasteiger partial charge is 0.491 e. The molecule has 3 aromatic rings. The second kappa shape index (κ2) is 8.34. The van der Waals surface area contributed by atoms with E-state index in [1.165, 1.54) is 6.08 Å². The van der Waals surface area contributed by atoms with Gasteiger partial charge in [0.2, 0.25) is 5.91 Å². The SMILES string of the molecule is CC(C)Oc1cccc(/C=C/C(=O)NCCc2nc3ccccc3[nH]2)c1. The number of fused-ring (bicyclic) bond motifs is 1. The molecule has 0 radical (unpaired) electrons. The van der Waals surface area contributed by atoms with Crippen LogP contribution in [0.5, 0.6) is 5.75 Å². The van der Waals surface area contributed by atoms with Crippen LogP contribution in [0, 0.1) is 0 Å². The number of hydrogen-bond donors (Lipinski definition) is 2. The third-order valence-corrected chi connectivity index (χ3v) is 3.76. The van der Waals surface area contributed by atoms with Crippen LogP contribution >= 0.6 is 0 Å². The van der Waals surface area contributed by atoms with Gasteiger partial charge in [-0.15, -0.1) is 0 Å². The summed E-state index contributed by atoms with van der Waals surface area (Å²) in [4.78, 5) is 19.7. The third-order valence-electron chi connectivity index (χ3n) is 3.76. The quantitative estimate of drug-likeness (QED) is 0.639. The Kier molecular flexibility index (Phi) is 5.69. The fourth-order valence-corrected chi connectivity index (χ4v) is 2.62. The minimum absolute atomic E-state index is 0.121. The first-order chi connectivity index (χ1) is 12.6. The van der Waals surface area contributed by atoms with Gasteiger partial charge in [0.25, 0.3) is 0 Å². The molecule has 0 bridgehead atoms. The van der Waals surface area contributed by atoms with Crippen molar-refractivity contribution in [1.82, 2.24) is 15.3 Å². The van der Waals surface area contributed by atoms with Gasteiger partial charge in [0, 0.05) is 19.0 Å². The second-order valence-electron chi connectivity index (χ2n) is 6.31. The van der Waals surface area contributed by atoms with Crippen molar-refractivity contribution in [2.24, 2.45) is 0 Å². The molecule has 3 rings (SSSR count). The van der Waals surface area contributed by atoms with E-state index in [1.54, 1.807) is 6.08 Å². The van der Waals surface area contributed by atoms with E-state index in [4.69, 9.17) is 4.74 Å². The number of nitrogens with zero attached hydrogens (tertiary/aromatic N) is 1. The summed E-state index contributed by atoms with van der Waals surface area (Å²) in [6, 6.07) is 15.6. The summed E-state index contributed by atoms with van der Waals surface area (Å²) in [6.45, 7) is 4.50. The number of para-hydroxylation sites is 2. The topological polar surface area (TPSA) is 67.0 Å². The van der Waals surface area contributed by atoms with Gasteiger partial charge in [0.1, 0.15) is 11.6 Å². The van der Waals surface area contributed by atoms with E-state index >= 15 is 0 Å². The number of nitrogens with one attached hydrogen (secondary N) is 2. The number of ether oxygens (including phenoxy) is 1. The number of aromatic amines is 1. The van der Waals surface area contributed by atoms with Gasteiger partial charge in [0.15, 0.2) is 0 Å². The molecule has 1 heterocycles. The van der Waals surface area contributed by atoms with Crippen LogP contribution in [-0.4, -0.2) is 28.5 Å². The van der Waals surface area contributed by atoms with Crippen molar-refractivity contribution < 1.29 is 9.53 Å². The lowest BCUT2D eigenvalue weighted by Crippen LogP contribution is -2.23. The molecule has 0 unspecified atom stereocenters. The van der Waals surface area contributed by atoms with Gasteiger partial charge in [-0.2, -0.15) is 0 Å². The number of rotatable bonds is 7. The molecule has 0 aliphatic rings. The molecule has 5 heteroatoms. The maximum Gasteiger partial charge on any atom is 0.244 e. The van der Waals surface area contributed by atoms with Crippen LogP contribution in [0.1, 0.15) is 25.2 Å². The summed E-state index contributed by atoms with van der Waals surface area (Å²) in [5.74, 6) is 1.54. The molecule has 0 spiro atoms. The first-order valence-corrected chi connectivity index (χ1v) is 8.76. The average Bonchev–Trinajstić information content (AvgIpc) is 3.02. The van der Waals surface area contributed by atoms with Crippen LogP contribution in [0.15, 0.2) is 54.6 Å². The Hall–Kier alpha value is -3.08. The monoisotopic (exact) mass is 349 g/mol. The maximum absolute atomic E-state index is 12.0. The van der Waals surface area contributed by atoms with E-state index in [9.17, 15) is 4.79 Å². The summed E-state index contributed by atoms with van der Waals surface area (Å²) in [5.41, 5.74) is 2.88. The van der Waals surface area contributed by atoms with Gasteiger partial charge in [-0.25, -0.2) is 4.98 Å². The van der Waals surface area contributed by atoms with Crippen molar-refractivity contribution in [3.8, 4) is 5.75 Å². The summed E-state index contributed by atoms with van der Waals surface area (Å²) in [6.07, 6.45) is 4.10. The standard InChI is InChI=1S/C21H23N3O2/c1-15(2)26-17-7-5-6-16(14-17)10-11-21(25)22-13-12-20-23-18-8-3-4-9-19(18)24-20/h3-11,14-15H,12-13H2,1-2H3,(H,22,25)(H,23,24)/b11-10+. The molecule has 26 heavy (non-hydrogen) atoms. The van der Waals surface area contributed by atoms with Crippen molar-refractivity contribution in [2.45, 2.75) is 26.4 Å². The van der Waals surface area contributed by atoms with Crippen molar-refractivity contribution in [3.05, 3.63) is 66.0 Å². The van der Waals surface area contributed by atoms with E-state index in [-0.39, 0.29) is 12.0 Å².